The smallest absolute Gasteiger partial charge is 0.416 e. The molecular formula is C47H42F3N3O7. The fourth-order valence-electron chi connectivity index (χ4n) is 10.7. The molecule has 10 nitrogen and oxygen atoms in total. The van der Waals surface area contributed by atoms with Gasteiger partial charge in [-0.05, 0) is 78.8 Å². The molecule has 2 heterocycles. The topological polar surface area (TPSA) is 126 Å². The molecule has 0 bridgehead atoms. The van der Waals surface area contributed by atoms with Crippen molar-refractivity contribution in [3.63, 3.8) is 0 Å². The Bertz CT molecular complexity index is 2560. The number of rotatable bonds is 9. The number of benzene rings is 4. The molecule has 2 fully saturated rings. The van der Waals surface area contributed by atoms with Gasteiger partial charge >= 0.3 is 6.18 Å². The van der Waals surface area contributed by atoms with E-state index < -0.39 is 64.5 Å². The summed E-state index contributed by atoms with van der Waals surface area (Å²) in [6.07, 6.45) is -4.68. The SMILES string of the molecule is CN(C)[C@@H]1c2onc(OCc3ccccc3)c2C(=O)[C@@]2(O)C(=O)C3=C(O)c4c(c(C(F)(F)F)c5c(c4OCc4ccccc4)[C@H]4[C@@H]5CCN4Cc4ccccc4)C[C@H]3C[C@@H]12. The second-order valence-corrected chi connectivity index (χ2v) is 16.8. The number of halogens is 3. The average Bonchev–Trinajstić information content (AvgIpc) is 3.80. The molecule has 1 saturated carbocycles. The van der Waals surface area contributed by atoms with Gasteiger partial charge in [-0.15, -0.1) is 0 Å². The summed E-state index contributed by atoms with van der Waals surface area (Å²) in [7, 11) is 3.39. The lowest BCUT2D eigenvalue weighted by Gasteiger charge is -2.50. The normalized spacial score (nSPS) is 25.5. The van der Waals surface area contributed by atoms with E-state index in [2.05, 4.69) is 10.1 Å². The predicted octanol–water partition coefficient (Wildman–Crippen LogP) is 8.16. The molecule has 4 aliphatic carbocycles. The Morgan fingerprint density at radius 2 is 1.48 bits per heavy atom. The van der Waals surface area contributed by atoms with Gasteiger partial charge in [0.1, 0.15) is 30.3 Å². The molecule has 0 spiro atoms. The molecule has 5 aliphatic rings. The predicted molar refractivity (Wildman–Crippen MR) is 212 cm³/mol. The lowest BCUT2D eigenvalue weighted by molar-refractivity contribution is -0.142. The average molecular weight is 818 g/mol. The molecule has 1 aromatic heterocycles. The van der Waals surface area contributed by atoms with Gasteiger partial charge in [-0.25, -0.2) is 0 Å². The molecule has 0 amide bonds. The van der Waals surface area contributed by atoms with Gasteiger partial charge in [-0.1, -0.05) is 91.0 Å². The number of hydrogen-bond acceptors (Lipinski definition) is 10. The van der Waals surface area contributed by atoms with Gasteiger partial charge in [0, 0.05) is 35.6 Å². The summed E-state index contributed by atoms with van der Waals surface area (Å²) < 4.78 is 65.4. The second kappa shape index (κ2) is 14.2. The number of ether oxygens (including phenoxy) is 2. The van der Waals surface area contributed by atoms with Crippen LogP contribution in [0.1, 0.15) is 91.5 Å². The molecule has 5 aromatic rings. The van der Waals surface area contributed by atoms with Gasteiger partial charge in [0.2, 0.25) is 11.6 Å². The minimum absolute atomic E-state index is 0.0157. The van der Waals surface area contributed by atoms with Crippen LogP contribution >= 0.6 is 0 Å². The number of ketones is 2. The summed E-state index contributed by atoms with van der Waals surface area (Å²) in [6, 6.07) is 26.7. The van der Waals surface area contributed by atoms with Gasteiger partial charge in [0.15, 0.2) is 11.4 Å². The first-order valence-electron chi connectivity index (χ1n) is 20.2. The lowest BCUT2D eigenvalue weighted by atomic mass is 9.56. The third-order valence-electron chi connectivity index (χ3n) is 13.2. The quantitative estimate of drug-likeness (QED) is 0.141. The fraction of sp³-hybridized carbons (Fsp3) is 0.340. The Balaban J connectivity index is 1.12. The maximum atomic E-state index is 15.7. The number of likely N-dealkylation sites (tertiary alicyclic amines) is 1. The van der Waals surface area contributed by atoms with Gasteiger partial charge in [0.05, 0.1) is 17.2 Å². The maximum Gasteiger partial charge on any atom is 0.416 e. The lowest BCUT2D eigenvalue weighted by Crippen LogP contribution is -2.63. The summed E-state index contributed by atoms with van der Waals surface area (Å²) >= 11 is 0. The Hall–Kier alpha value is -5.76. The van der Waals surface area contributed by atoms with E-state index in [1.165, 1.54) is 0 Å². The van der Waals surface area contributed by atoms with Crippen molar-refractivity contribution in [3.05, 3.63) is 152 Å². The van der Waals surface area contributed by atoms with Crippen LogP contribution in [0.4, 0.5) is 13.2 Å². The van der Waals surface area contributed by atoms with E-state index in [9.17, 15) is 15.0 Å². The largest absolute Gasteiger partial charge is 0.507 e. The molecule has 308 valence electrons. The molecule has 6 atom stereocenters. The molecule has 60 heavy (non-hydrogen) atoms. The number of nitrogens with zero attached hydrogens (tertiary/aromatic N) is 3. The molecule has 13 heteroatoms. The zero-order valence-electron chi connectivity index (χ0n) is 32.9. The highest BCUT2D eigenvalue weighted by atomic mass is 19.4. The minimum Gasteiger partial charge on any atom is -0.507 e. The van der Waals surface area contributed by atoms with Crippen molar-refractivity contribution >= 4 is 17.3 Å². The number of carbonyl (C=O) groups is 2. The van der Waals surface area contributed by atoms with E-state index in [-0.39, 0.29) is 71.3 Å². The first-order chi connectivity index (χ1) is 28.9. The highest BCUT2D eigenvalue weighted by Gasteiger charge is 2.66. The summed E-state index contributed by atoms with van der Waals surface area (Å²) in [5.74, 6) is -5.36. The number of aliphatic hydroxyl groups is 2. The number of aliphatic hydroxyl groups excluding tert-OH is 1. The van der Waals surface area contributed by atoms with Gasteiger partial charge in [-0.3, -0.25) is 19.4 Å². The molecule has 0 unspecified atom stereocenters. The van der Waals surface area contributed by atoms with Crippen LogP contribution in [0.25, 0.3) is 5.76 Å². The maximum absolute atomic E-state index is 15.7. The van der Waals surface area contributed by atoms with Crippen LogP contribution in [-0.4, -0.2) is 63.0 Å². The number of hydrogen-bond donors (Lipinski definition) is 2. The Morgan fingerprint density at radius 3 is 2.10 bits per heavy atom. The zero-order chi connectivity index (χ0) is 41.7. The number of carbonyl (C=O) groups excluding carboxylic acids is 2. The molecule has 10 rings (SSSR count). The molecule has 2 N–H and O–H groups in total. The van der Waals surface area contributed by atoms with E-state index in [0.29, 0.717) is 25.1 Å². The minimum atomic E-state index is -4.81. The van der Waals surface area contributed by atoms with Crippen molar-refractivity contribution in [1.82, 2.24) is 15.0 Å². The highest BCUT2D eigenvalue weighted by molar-refractivity contribution is 6.26. The van der Waals surface area contributed by atoms with Crippen molar-refractivity contribution in [2.45, 2.75) is 68.8 Å². The summed E-state index contributed by atoms with van der Waals surface area (Å²) in [6.45, 7) is 1.05. The van der Waals surface area contributed by atoms with Crippen LogP contribution < -0.4 is 9.47 Å². The molecule has 1 aliphatic heterocycles. The third kappa shape index (κ3) is 5.77. The fourth-order valence-corrected chi connectivity index (χ4v) is 10.7. The second-order valence-electron chi connectivity index (χ2n) is 16.8. The first kappa shape index (κ1) is 38.4. The van der Waals surface area contributed by atoms with E-state index in [4.69, 9.17) is 14.0 Å². The van der Waals surface area contributed by atoms with E-state index in [1.807, 2.05) is 91.0 Å². The van der Waals surface area contributed by atoms with Crippen molar-refractivity contribution < 1.29 is 47.0 Å². The van der Waals surface area contributed by atoms with Crippen molar-refractivity contribution in [3.8, 4) is 11.6 Å². The molecule has 4 aromatic carbocycles. The Labute approximate surface area is 343 Å². The van der Waals surface area contributed by atoms with Gasteiger partial charge in [-0.2, -0.15) is 13.2 Å². The molecular weight excluding hydrogens is 776 g/mol. The van der Waals surface area contributed by atoms with Gasteiger partial charge in [0.25, 0.3) is 5.88 Å². The van der Waals surface area contributed by atoms with Gasteiger partial charge < -0.3 is 24.2 Å². The van der Waals surface area contributed by atoms with Crippen LogP contribution in [0, 0.1) is 11.8 Å². The highest BCUT2D eigenvalue weighted by Crippen LogP contribution is 2.65. The number of alkyl halides is 3. The molecule has 1 saturated heterocycles. The molecule has 0 radical (unpaired) electrons. The van der Waals surface area contributed by atoms with E-state index >= 15 is 18.0 Å². The summed E-state index contributed by atoms with van der Waals surface area (Å²) in [5.41, 5.74) is -1.31. The number of Topliss-reactive ketones (excluding diaryl/α,β-unsaturated/α-hetero) is 2. The standard InChI is InChI=1S/C47H42F3N3O7/c1-52(2)39-31-21-28-20-30-34(40(54)32(28)43(55)46(31,57)44(56)36-42(39)60-51-45(36)59-24-27-16-10-5-11-17-27)41(58-23-26-14-8-4-9-15-26)35-33(37(30)47(48,49)50)29-18-19-53(38(29)35)22-25-12-6-3-7-13-25/h3-17,28-29,31,38-39,54,57H,18-24H2,1-2H3/t28-,29+,31-,38+,39-,46-/m0/s1. The van der Waals surface area contributed by atoms with Crippen LogP contribution in [0.2, 0.25) is 0 Å². The number of aromatic nitrogens is 1. The zero-order valence-corrected chi connectivity index (χ0v) is 32.9. The Kier molecular flexibility index (Phi) is 9.08. The van der Waals surface area contributed by atoms with Crippen LogP contribution in [-0.2, 0) is 37.2 Å². The Morgan fingerprint density at radius 1 is 0.867 bits per heavy atom. The van der Waals surface area contributed by atoms with E-state index in [0.717, 1.165) is 16.7 Å². The van der Waals surface area contributed by atoms with Crippen molar-refractivity contribution in [1.29, 1.82) is 0 Å². The monoisotopic (exact) mass is 817 g/mol. The summed E-state index contributed by atoms with van der Waals surface area (Å²) in [5, 5.41) is 29.2. The van der Waals surface area contributed by atoms with Crippen LogP contribution in [0.15, 0.2) is 101 Å². The summed E-state index contributed by atoms with van der Waals surface area (Å²) in [4.78, 5) is 33.5. The first-order valence-corrected chi connectivity index (χ1v) is 20.2. The van der Waals surface area contributed by atoms with Crippen molar-refractivity contribution in [2.24, 2.45) is 11.8 Å². The van der Waals surface area contributed by atoms with Crippen LogP contribution in [0.5, 0.6) is 11.6 Å². The van der Waals surface area contributed by atoms with Crippen LogP contribution in [0.3, 0.4) is 0 Å². The number of fused-ring (bicyclic) bond motifs is 8. The van der Waals surface area contributed by atoms with E-state index in [1.54, 1.807) is 19.0 Å². The third-order valence-corrected chi connectivity index (χ3v) is 13.2. The van der Waals surface area contributed by atoms with Crippen molar-refractivity contribution in [2.75, 3.05) is 20.6 Å².